The molecule has 4 nitrogen and oxygen atoms in total. The van der Waals surface area contributed by atoms with Crippen LogP contribution in [0.25, 0.3) is 11.0 Å². The second kappa shape index (κ2) is 5.44. The number of nitrogens with zero attached hydrogens (tertiary/aromatic N) is 2. The Balaban J connectivity index is 2.43. The first-order valence-electron chi connectivity index (χ1n) is 6.18. The van der Waals surface area contributed by atoms with E-state index in [1.165, 1.54) is 36.5 Å². The third-order valence-corrected chi connectivity index (χ3v) is 5.70. The van der Waals surface area contributed by atoms with E-state index >= 15 is 0 Å². The van der Waals surface area contributed by atoms with E-state index in [1.807, 2.05) is 0 Å². The molecule has 114 valence electrons. The monoisotopic (exact) mass is 386 g/mol. The molecule has 3 rings (SSSR count). The minimum absolute atomic E-state index is 0.0325. The van der Waals surface area contributed by atoms with Crippen LogP contribution in [0.15, 0.2) is 58.0 Å². The summed E-state index contributed by atoms with van der Waals surface area (Å²) < 4.78 is 53.0. The fraction of sp³-hybridized carbons (Fsp3) is 0.0714. The van der Waals surface area contributed by atoms with Gasteiger partial charge in [0.15, 0.2) is 5.65 Å². The molecule has 0 N–H and O–H groups in total. The zero-order chi connectivity index (χ0) is 15.9. The van der Waals surface area contributed by atoms with Crippen molar-refractivity contribution >= 4 is 37.0 Å². The lowest BCUT2D eigenvalue weighted by Crippen LogP contribution is -2.16. The van der Waals surface area contributed by atoms with Crippen LogP contribution in [0, 0.1) is 0 Å². The molecule has 1 aromatic carbocycles. The van der Waals surface area contributed by atoms with Crippen molar-refractivity contribution in [1.82, 2.24) is 8.96 Å². The predicted octanol–water partition coefficient (Wildman–Crippen LogP) is 3.97. The number of fused-ring (bicyclic) bond motifs is 1. The third kappa shape index (κ3) is 2.22. The summed E-state index contributed by atoms with van der Waals surface area (Å²) in [5, 5.41) is 0.317. The van der Waals surface area contributed by atoms with Crippen molar-refractivity contribution in [3.63, 3.8) is 0 Å². The highest BCUT2D eigenvalue weighted by Crippen LogP contribution is 2.38. The van der Waals surface area contributed by atoms with Crippen molar-refractivity contribution in [3.05, 3.63) is 58.8 Å². The maximum atomic E-state index is 13.4. The van der Waals surface area contributed by atoms with Crippen LogP contribution in [0.3, 0.4) is 0 Å². The summed E-state index contributed by atoms with van der Waals surface area (Å²) in [4.78, 5) is 3.88. The maximum absolute atomic E-state index is 13.4. The molecule has 0 saturated heterocycles. The lowest BCUT2D eigenvalue weighted by molar-refractivity contribution is 0.144. The van der Waals surface area contributed by atoms with Gasteiger partial charge in [0.2, 0.25) is 0 Å². The minimum Gasteiger partial charge on any atom is -0.237 e. The van der Waals surface area contributed by atoms with Gasteiger partial charge in [-0.2, -0.15) is 0 Å². The van der Waals surface area contributed by atoms with Gasteiger partial charge >= 0.3 is 0 Å². The van der Waals surface area contributed by atoms with Crippen LogP contribution in [-0.2, 0) is 10.0 Å². The number of benzene rings is 1. The molecular formula is C14H9BrF2N2O2S. The summed E-state index contributed by atoms with van der Waals surface area (Å²) in [7, 11) is -4.18. The van der Waals surface area contributed by atoms with Gasteiger partial charge in [0.25, 0.3) is 16.4 Å². The van der Waals surface area contributed by atoms with E-state index in [1.54, 1.807) is 12.1 Å². The molecule has 22 heavy (non-hydrogen) atoms. The standard InChI is InChI=1S/C14H9BrF2N2O2S/c15-11-10-7-4-8-18-14(10)19(12(11)13(16)17)22(20,21)9-5-2-1-3-6-9/h1-8,13H. The largest absolute Gasteiger partial charge is 0.280 e. The molecule has 0 radical (unpaired) electrons. The number of aromatic nitrogens is 2. The van der Waals surface area contributed by atoms with Crippen LogP contribution in [0.1, 0.15) is 12.1 Å². The molecule has 2 aromatic heterocycles. The molecule has 8 heteroatoms. The molecule has 3 aromatic rings. The number of rotatable bonds is 3. The van der Waals surface area contributed by atoms with Gasteiger partial charge in [0.1, 0.15) is 5.69 Å². The second-order valence-electron chi connectivity index (χ2n) is 4.46. The highest BCUT2D eigenvalue weighted by Gasteiger charge is 2.31. The molecule has 0 aliphatic rings. The Morgan fingerprint density at radius 2 is 1.77 bits per heavy atom. The van der Waals surface area contributed by atoms with Gasteiger partial charge in [-0.3, -0.25) is 0 Å². The Kier molecular flexibility index (Phi) is 3.73. The molecule has 0 spiro atoms. The van der Waals surface area contributed by atoms with Crippen LogP contribution in [0.4, 0.5) is 8.78 Å². The van der Waals surface area contributed by atoms with Gasteiger partial charge in [-0.15, -0.1) is 0 Å². The number of pyridine rings is 1. The first-order chi connectivity index (χ1) is 10.4. The first-order valence-corrected chi connectivity index (χ1v) is 8.41. The summed E-state index contributed by atoms with van der Waals surface area (Å²) in [6.45, 7) is 0. The zero-order valence-corrected chi connectivity index (χ0v) is 13.4. The SMILES string of the molecule is O=S(=O)(c1ccccc1)n1c(C(F)F)c(Br)c2cccnc21. The van der Waals surface area contributed by atoms with E-state index in [2.05, 4.69) is 20.9 Å². The second-order valence-corrected chi connectivity index (χ2v) is 7.04. The van der Waals surface area contributed by atoms with Gasteiger partial charge < -0.3 is 0 Å². The minimum atomic E-state index is -4.18. The van der Waals surface area contributed by atoms with Crippen LogP contribution in [-0.4, -0.2) is 17.4 Å². The van der Waals surface area contributed by atoms with E-state index < -0.39 is 22.1 Å². The summed E-state index contributed by atoms with van der Waals surface area (Å²) >= 11 is 3.06. The van der Waals surface area contributed by atoms with Crippen LogP contribution < -0.4 is 0 Å². The molecule has 0 fully saturated rings. The molecule has 0 aliphatic carbocycles. The number of hydrogen-bond donors (Lipinski definition) is 0. The Morgan fingerprint density at radius 3 is 2.41 bits per heavy atom. The first kappa shape index (κ1) is 15.1. The maximum Gasteiger partial charge on any atom is 0.280 e. The Bertz CT molecular complexity index is 940. The number of alkyl halides is 2. The van der Waals surface area contributed by atoms with Crippen molar-refractivity contribution in [2.45, 2.75) is 11.3 Å². The van der Waals surface area contributed by atoms with Gasteiger partial charge in [-0.25, -0.2) is 26.2 Å². The molecule has 2 heterocycles. The highest BCUT2D eigenvalue weighted by atomic mass is 79.9. The molecule has 0 aliphatic heterocycles. The molecule has 0 bridgehead atoms. The fourth-order valence-corrected chi connectivity index (χ4v) is 4.49. The van der Waals surface area contributed by atoms with E-state index in [0.717, 1.165) is 0 Å². The van der Waals surface area contributed by atoms with Crippen molar-refractivity contribution in [1.29, 1.82) is 0 Å². The van der Waals surface area contributed by atoms with Crippen LogP contribution >= 0.6 is 15.9 Å². The van der Waals surface area contributed by atoms with E-state index in [9.17, 15) is 17.2 Å². The van der Waals surface area contributed by atoms with Crippen molar-refractivity contribution < 1.29 is 17.2 Å². The van der Waals surface area contributed by atoms with Gasteiger partial charge in [-0.05, 0) is 40.2 Å². The lowest BCUT2D eigenvalue weighted by atomic mass is 10.3. The number of halogens is 3. The molecule has 0 amide bonds. The summed E-state index contributed by atoms with van der Waals surface area (Å²) in [6.07, 6.45) is -1.61. The fourth-order valence-electron chi connectivity index (χ4n) is 2.20. The third-order valence-electron chi connectivity index (χ3n) is 3.15. The van der Waals surface area contributed by atoms with Gasteiger partial charge in [0.05, 0.1) is 9.37 Å². The molecule has 0 unspecified atom stereocenters. The average molecular weight is 387 g/mol. The van der Waals surface area contributed by atoms with Crippen molar-refractivity contribution in [2.75, 3.05) is 0 Å². The smallest absolute Gasteiger partial charge is 0.237 e. The predicted molar refractivity (Wildman–Crippen MR) is 81.4 cm³/mol. The number of hydrogen-bond acceptors (Lipinski definition) is 3. The Hall–Kier alpha value is -1.80. The van der Waals surface area contributed by atoms with Crippen molar-refractivity contribution in [2.24, 2.45) is 0 Å². The summed E-state index contributed by atoms with van der Waals surface area (Å²) in [6, 6.07) is 10.5. The molecular weight excluding hydrogens is 378 g/mol. The highest BCUT2D eigenvalue weighted by molar-refractivity contribution is 9.10. The van der Waals surface area contributed by atoms with Gasteiger partial charge in [0, 0.05) is 11.6 Å². The molecule has 0 atom stereocenters. The van der Waals surface area contributed by atoms with E-state index in [4.69, 9.17) is 0 Å². The Labute approximate surface area is 133 Å². The van der Waals surface area contributed by atoms with Crippen LogP contribution in [0.5, 0.6) is 0 Å². The zero-order valence-electron chi connectivity index (χ0n) is 10.9. The summed E-state index contributed by atoms with van der Waals surface area (Å²) in [5.41, 5.74) is -0.661. The van der Waals surface area contributed by atoms with E-state index in [-0.39, 0.29) is 15.0 Å². The molecule has 0 saturated carbocycles. The quantitative estimate of drug-likeness (QED) is 0.684. The lowest BCUT2D eigenvalue weighted by Gasteiger charge is -2.11. The van der Waals surface area contributed by atoms with Crippen molar-refractivity contribution in [3.8, 4) is 0 Å². The Morgan fingerprint density at radius 1 is 1.09 bits per heavy atom. The van der Waals surface area contributed by atoms with E-state index in [0.29, 0.717) is 9.36 Å². The summed E-state index contributed by atoms with van der Waals surface area (Å²) in [5.74, 6) is 0. The van der Waals surface area contributed by atoms with Gasteiger partial charge in [-0.1, -0.05) is 18.2 Å². The topological polar surface area (TPSA) is 52.0 Å². The van der Waals surface area contributed by atoms with Crippen LogP contribution in [0.2, 0.25) is 0 Å². The normalized spacial score (nSPS) is 12.2. The average Bonchev–Trinajstić information content (AvgIpc) is 2.82.